The second-order valence-electron chi connectivity index (χ2n) is 3.25. The molecule has 0 bridgehead atoms. The van der Waals surface area contributed by atoms with Crippen molar-refractivity contribution < 1.29 is 4.74 Å². The lowest BCUT2D eigenvalue weighted by atomic mass is 10.2. The van der Waals surface area contributed by atoms with Crippen LogP contribution in [0.3, 0.4) is 0 Å². The molecule has 0 heterocycles. The normalized spacial score (nSPS) is 29.6. The number of halogens is 2. The molecule has 76 valence electrons. The average molecular weight is 224 g/mol. The van der Waals surface area contributed by atoms with Gasteiger partial charge in [0, 0.05) is 30.3 Å². The molecule has 2 unspecified atom stereocenters. The van der Waals surface area contributed by atoms with Gasteiger partial charge < -0.3 is 10.1 Å². The smallest absolute Gasteiger partial charge is 0.0724 e. The Morgan fingerprint density at radius 3 is 3.00 bits per heavy atom. The minimum absolute atomic E-state index is 0.333. The zero-order chi connectivity index (χ0) is 9.68. The second kappa shape index (κ2) is 5.86. The van der Waals surface area contributed by atoms with Crippen LogP contribution in [0.1, 0.15) is 19.3 Å². The number of ether oxygens (including phenoxy) is 1. The molecule has 0 amide bonds. The summed E-state index contributed by atoms with van der Waals surface area (Å²) in [6.45, 7) is 0.635. The van der Waals surface area contributed by atoms with Crippen molar-refractivity contribution in [3.8, 4) is 0 Å². The van der Waals surface area contributed by atoms with Crippen LogP contribution in [0, 0.1) is 0 Å². The van der Waals surface area contributed by atoms with Crippen LogP contribution in [-0.4, -0.2) is 25.8 Å². The lowest BCUT2D eigenvalue weighted by Gasteiger charge is -2.19. The van der Waals surface area contributed by atoms with Gasteiger partial charge in [0.25, 0.3) is 0 Å². The molecule has 1 fully saturated rings. The summed E-state index contributed by atoms with van der Waals surface area (Å²) in [4.78, 5) is 0. The lowest BCUT2D eigenvalue weighted by molar-refractivity contribution is 0.0863. The van der Waals surface area contributed by atoms with E-state index in [1.165, 1.54) is 12.0 Å². The van der Waals surface area contributed by atoms with E-state index in [0.717, 1.165) is 12.8 Å². The molecule has 0 aliphatic heterocycles. The molecule has 0 radical (unpaired) electrons. The van der Waals surface area contributed by atoms with Crippen LogP contribution in [0.4, 0.5) is 0 Å². The van der Waals surface area contributed by atoms with E-state index in [9.17, 15) is 0 Å². The molecule has 1 saturated carbocycles. The first-order valence-corrected chi connectivity index (χ1v) is 5.30. The van der Waals surface area contributed by atoms with Crippen LogP contribution in [0.25, 0.3) is 0 Å². The van der Waals surface area contributed by atoms with Crippen LogP contribution in [0.2, 0.25) is 0 Å². The minimum Gasteiger partial charge on any atom is -0.380 e. The first kappa shape index (κ1) is 11.3. The summed E-state index contributed by atoms with van der Waals surface area (Å²) in [5, 5.41) is 3.97. The van der Waals surface area contributed by atoms with Crippen molar-refractivity contribution in [3.63, 3.8) is 0 Å². The topological polar surface area (TPSA) is 21.3 Å². The fourth-order valence-corrected chi connectivity index (χ4v) is 1.86. The highest BCUT2D eigenvalue weighted by atomic mass is 35.5. The van der Waals surface area contributed by atoms with Gasteiger partial charge in [-0.15, -0.1) is 0 Å². The molecular formula is C9H15Cl2NO. The highest BCUT2D eigenvalue weighted by Gasteiger charge is 2.26. The van der Waals surface area contributed by atoms with E-state index in [0.29, 0.717) is 23.7 Å². The van der Waals surface area contributed by atoms with E-state index in [4.69, 9.17) is 27.9 Å². The van der Waals surface area contributed by atoms with Gasteiger partial charge in [0.05, 0.1) is 6.10 Å². The van der Waals surface area contributed by atoms with Gasteiger partial charge in [-0.05, 0) is 19.3 Å². The van der Waals surface area contributed by atoms with E-state index < -0.39 is 0 Å². The van der Waals surface area contributed by atoms with Gasteiger partial charge in [-0.2, -0.15) is 0 Å². The van der Waals surface area contributed by atoms with Crippen molar-refractivity contribution >= 4 is 23.2 Å². The van der Waals surface area contributed by atoms with Crippen LogP contribution < -0.4 is 5.32 Å². The molecular weight excluding hydrogens is 209 g/mol. The third-order valence-electron chi connectivity index (χ3n) is 2.41. The fourth-order valence-electron chi connectivity index (χ4n) is 1.71. The zero-order valence-corrected chi connectivity index (χ0v) is 9.24. The van der Waals surface area contributed by atoms with Crippen molar-refractivity contribution in [2.45, 2.75) is 31.4 Å². The Hall–Kier alpha value is 0.240. The lowest BCUT2D eigenvalue weighted by Crippen LogP contribution is -2.37. The van der Waals surface area contributed by atoms with Crippen LogP contribution >= 0.6 is 23.2 Å². The molecule has 1 rings (SSSR count). The first-order valence-electron chi connectivity index (χ1n) is 4.49. The predicted molar refractivity (Wildman–Crippen MR) is 56.2 cm³/mol. The average Bonchev–Trinajstić information content (AvgIpc) is 2.61. The van der Waals surface area contributed by atoms with E-state index in [1.54, 1.807) is 7.11 Å². The Balaban J connectivity index is 2.27. The van der Waals surface area contributed by atoms with Gasteiger partial charge in [-0.1, -0.05) is 23.2 Å². The summed E-state index contributed by atoms with van der Waals surface area (Å²) in [7, 11) is 1.75. The van der Waals surface area contributed by atoms with Gasteiger partial charge in [-0.25, -0.2) is 0 Å². The molecule has 1 aliphatic rings. The van der Waals surface area contributed by atoms with Crippen LogP contribution in [-0.2, 0) is 4.74 Å². The van der Waals surface area contributed by atoms with Crippen molar-refractivity contribution in [2.24, 2.45) is 0 Å². The van der Waals surface area contributed by atoms with Gasteiger partial charge in [0.15, 0.2) is 0 Å². The molecule has 2 atom stereocenters. The molecule has 0 aromatic heterocycles. The summed E-state index contributed by atoms with van der Waals surface area (Å²) in [5.74, 6) is 0. The number of rotatable bonds is 4. The van der Waals surface area contributed by atoms with E-state index in [1.807, 2.05) is 0 Å². The molecule has 13 heavy (non-hydrogen) atoms. The number of hydrogen-bond acceptors (Lipinski definition) is 2. The summed E-state index contributed by atoms with van der Waals surface area (Å²) in [5.41, 5.74) is 1.39. The van der Waals surface area contributed by atoms with Crippen molar-refractivity contribution in [2.75, 3.05) is 13.7 Å². The number of methoxy groups -OCH3 is 1. The largest absolute Gasteiger partial charge is 0.380 e. The molecule has 1 N–H and O–H groups in total. The maximum atomic E-state index is 5.76. The third-order valence-corrected chi connectivity index (χ3v) is 3.02. The molecule has 0 saturated heterocycles. The number of hydrogen-bond donors (Lipinski definition) is 1. The van der Waals surface area contributed by atoms with Crippen molar-refractivity contribution in [1.82, 2.24) is 5.32 Å². The Morgan fingerprint density at radius 2 is 2.38 bits per heavy atom. The van der Waals surface area contributed by atoms with E-state index >= 15 is 0 Å². The highest BCUT2D eigenvalue weighted by molar-refractivity contribution is 6.36. The molecule has 2 nitrogen and oxygen atoms in total. The maximum Gasteiger partial charge on any atom is 0.0724 e. The monoisotopic (exact) mass is 223 g/mol. The SMILES string of the molecule is COC1CCCC1NCC(Cl)=CCl. The predicted octanol–water partition coefficient (Wildman–Crippen LogP) is 2.46. The molecule has 0 spiro atoms. The van der Waals surface area contributed by atoms with Gasteiger partial charge in [0.1, 0.15) is 0 Å². The van der Waals surface area contributed by atoms with Crippen LogP contribution in [0.15, 0.2) is 10.6 Å². The zero-order valence-electron chi connectivity index (χ0n) is 7.72. The third kappa shape index (κ3) is 3.47. The van der Waals surface area contributed by atoms with Crippen LogP contribution in [0.5, 0.6) is 0 Å². The van der Waals surface area contributed by atoms with Gasteiger partial charge in [-0.3, -0.25) is 0 Å². The minimum atomic E-state index is 0.333. The van der Waals surface area contributed by atoms with E-state index in [-0.39, 0.29) is 0 Å². The molecule has 4 heteroatoms. The second-order valence-corrected chi connectivity index (χ2v) is 3.95. The van der Waals surface area contributed by atoms with Crippen molar-refractivity contribution in [3.05, 3.63) is 10.6 Å². The Bertz CT molecular complexity index is 184. The Labute approximate surface area is 89.2 Å². The van der Waals surface area contributed by atoms with Gasteiger partial charge >= 0.3 is 0 Å². The Kier molecular flexibility index (Phi) is 5.10. The molecule has 0 aromatic carbocycles. The summed E-state index contributed by atoms with van der Waals surface area (Å²) in [6.07, 6.45) is 3.85. The standard InChI is InChI=1S/C9H15Cl2NO/c1-13-9-4-2-3-8(9)12-6-7(11)5-10/h5,8-9,12H,2-4,6H2,1H3. The molecule has 0 aromatic rings. The molecule has 1 aliphatic carbocycles. The summed E-state index contributed by atoms with van der Waals surface area (Å²) in [6, 6.07) is 0.426. The quantitative estimate of drug-likeness (QED) is 0.791. The van der Waals surface area contributed by atoms with Crippen molar-refractivity contribution in [1.29, 1.82) is 0 Å². The van der Waals surface area contributed by atoms with Gasteiger partial charge in [0.2, 0.25) is 0 Å². The Morgan fingerprint density at radius 1 is 1.62 bits per heavy atom. The van der Waals surface area contributed by atoms with E-state index in [2.05, 4.69) is 5.32 Å². The summed E-state index contributed by atoms with van der Waals surface area (Å²) >= 11 is 11.2. The first-order chi connectivity index (χ1) is 6.27. The fraction of sp³-hybridized carbons (Fsp3) is 0.778. The number of nitrogens with one attached hydrogen (secondary N) is 1. The summed E-state index contributed by atoms with van der Waals surface area (Å²) < 4.78 is 5.33. The maximum absolute atomic E-state index is 5.76. The highest BCUT2D eigenvalue weighted by Crippen LogP contribution is 2.21.